The third-order valence-corrected chi connectivity index (χ3v) is 5.52. The van der Waals surface area contributed by atoms with Crippen molar-refractivity contribution in [1.82, 2.24) is 21.3 Å². The Hall–Kier alpha value is -4.16. The molecule has 6 amide bonds. The average molecular weight is 549 g/mol. The van der Waals surface area contributed by atoms with Crippen LogP contribution in [0.5, 0.6) is 0 Å². The van der Waals surface area contributed by atoms with Crippen LogP contribution in [0.4, 0.5) is 4.79 Å². The highest BCUT2D eigenvalue weighted by atomic mass is 16.5. The molecule has 216 valence electrons. The Morgan fingerprint density at radius 3 is 2.03 bits per heavy atom. The fourth-order valence-electron chi connectivity index (χ4n) is 3.59. The number of unbranched alkanes of at least 4 members (excludes halogenated alkanes) is 1. The third kappa shape index (κ3) is 14.4. The van der Waals surface area contributed by atoms with Gasteiger partial charge in [0.15, 0.2) is 0 Å². The van der Waals surface area contributed by atoms with Gasteiger partial charge in [0.25, 0.3) is 0 Å². The number of benzene rings is 1. The summed E-state index contributed by atoms with van der Waals surface area (Å²) in [6.07, 6.45) is -0.0498. The molecule has 0 unspecified atom stereocenters. The van der Waals surface area contributed by atoms with Gasteiger partial charge in [-0.15, -0.1) is 0 Å². The maximum atomic E-state index is 13.1. The van der Waals surface area contributed by atoms with E-state index in [9.17, 15) is 28.8 Å². The lowest BCUT2D eigenvalue weighted by atomic mass is 10.0. The number of nitrogens with two attached hydrogens (primary N) is 2. The van der Waals surface area contributed by atoms with Crippen LogP contribution in [0, 0.1) is 5.92 Å². The normalized spacial score (nSPS) is 12.9. The molecule has 0 spiro atoms. The van der Waals surface area contributed by atoms with Crippen LogP contribution in [0.1, 0.15) is 58.4 Å². The van der Waals surface area contributed by atoms with Crippen molar-refractivity contribution in [3.8, 4) is 0 Å². The van der Waals surface area contributed by atoms with Gasteiger partial charge < -0.3 is 37.5 Å². The monoisotopic (exact) mass is 548 g/mol. The highest BCUT2D eigenvalue weighted by molar-refractivity contribution is 5.95. The predicted octanol–water partition coefficient (Wildman–Crippen LogP) is -0.0358. The highest BCUT2D eigenvalue weighted by Crippen LogP contribution is 2.08. The van der Waals surface area contributed by atoms with Crippen LogP contribution < -0.4 is 32.7 Å². The molecule has 0 aliphatic carbocycles. The lowest BCUT2D eigenvalue weighted by Crippen LogP contribution is -2.57. The van der Waals surface area contributed by atoms with Crippen LogP contribution in [-0.4, -0.2) is 60.3 Å². The number of nitrogens with one attached hydrogen (secondary N) is 4. The van der Waals surface area contributed by atoms with Gasteiger partial charge >= 0.3 is 6.09 Å². The van der Waals surface area contributed by atoms with E-state index in [2.05, 4.69) is 21.3 Å². The first-order valence-electron chi connectivity index (χ1n) is 12.8. The van der Waals surface area contributed by atoms with Gasteiger partial charge in [-0.1, -0.05) is 44.2 Å². The summed E-state index contributed by atoms with van der Waals surface area (Å²) in [5, 5.41) is 10.0. The van der Waals surface area contributed by atoms with E-state index in [0.29, 0.717) is 19.4 Å². The number of hydrogen-bond donors (Lipinski definition) is 6. The van der Waals surface area contributed by atoms with Crippen molar-refractivity contribution >= 4 is 35.6 Å². The molecule has 0 saturated carbocycles. The fraction of sp³-hybridized carbons (Fsp3) is 0.538. The highest BCUT2D eigenvalue weighted by Gasteiger charge is 2.30. The molecule has 0 aromatic heterocycles. The van der Waals surface area contributed by atoms with E-state index >= 15 is 0 Å². The zero-order chi connectivity index (χ0) is 29.4. The summed E-state index contributed by atoms with van der Waals surface area (Å²) in [5.74, 6) is -3.37. The van der Waals surface area contributed by atoms with Gasteiger partial charge in [0.2, 0.25) is 29.5 Å². The minimum atomic E-state index is -1.41. The van der Waals surface area contributed by atoms with Crippen LogP contribution in [0.25, 0.3) is 0 Å². The zero-order valence-corrected chi connectivity index (χ0v) is 22.7. The Balaban J connectivity index is 2.94. The lowest BCUT2D eigenvalue weighted by Gasteiger charge is -2.24. The SMILES string of the molecule is CC(=O)NCCCC[C@H](NC(=O)OCc1ccccc1)C(=O)N[C@@H](CC(N)=O)C(=O)N[C@H](CC(C)C)C(N)=O. The van der Waals surface area contributed by atoms with E-state index in [1.807, 2.05) is 19.9 Å². The second-order valence-electron chi connectivity index (χ2n) is 9.56. The molecule has 13 nitrogen and oxygen atoms in total. The Morgan fingerprint density at radius 1 is 0.846 bits per heavy atom. The Labute approximate surface area is 228 Å². The van der Waals surface area contributed by atoms with E-state index in [-0.39, 0.29) is 31.3 Å². The Morgan fingerprint density at radius 2 is 1.46 bits per heavy atom. The van der Waals surface area contributed by atoms with Gasteiger partial charge in [-0.05, 0) is 37.2 Å². The summed E-state index contributed by atoms with van der Waals surface area (Å²) < 4.78 is 5.21. The molecule has 13 heteroatoms. The topological polar surface area (TPSA) is 212 Å². The molecule has 0 aliphatic heterocycles. The summed E-state index contributed by atoms with van der Waals surface area (Å²) in [6.45, 7) is 5.40. The molecule has 8 N–H and O–H groups in total. The third-order valence-electron chi connectivity index (χ3n) is 5.52. The van der Waals surface area contributed by atoms with Gasteiger partial charge in [-0.25, -0.2) is 4.79 Å². The lowest BCUT2D eigenvalue weighted by molar-refractivity contribution is -0.133. The number of hydrogen-bond acceptors (Lipinski definition) is 7. The molecule has 0 radical (unpaired) electrons. The summed E-state index contributed by atoms with van der Waals surface area (Å²) >= 11 is 0. The van der Waals surface area contributed by atoms with Gasteiger partial charge in [0, 0.05) is 13.5 Å². The number of alkyl carbamates (subject to hydrolysis) is 1. The van der Waals surface area contributed by atoms with E-state index in [4.69, 9.17) is 16.2 Å². The fourth-order valence-corrected chi connectivity index (χ4v) is 3.59. The average Bonchev–Trinajstić information content (AvgIpc) is 2.85. The van der Waals surface area contributed by atoms with Crippen LogP contribution >= 0.6 is 0 Å². The van der Waals surface area contributed by atoms with E-state index < -0.39 is 54.3 Å². The predicted molar refractivity (Wildman–Crippen MR) is 142 cm³/mol. The molecule has 0 fully saturated rings. The van der Waals surface area contributed by atoms with Crippen molar-refractivity contribution in [2.75, 3.05) is 6.54 Å². The minimum absolute atomic E-state index is 0.0272. The molecule has 39 heavy (non-hydrogen) atoms. The molecule has 0 saturated heterocycles. The summed E-state index contributed by atoms with van der Waals surface area (Å²) in [5.41, 5.74) is 11.4. The van der Waals surface area contributed by atoms with Gasteiger partial charge in [0.1, 0.15) is 24.7 Å². The van der Waals surface area contributed by atoms with Crippen LogP contribution in [0.3, 0.4) is 0 Å². The quantitative estimate of drug-likeness (QED) is 0.146. The van der Waals surface area contributed by atoms with Crippen molar-refractivity contribution in [2.24, 2.45) is 17.4 Å². The number of rotatable bonds is 17. The Kier molecular flexibility index (Phi) is 14.6. The van der Waals surface area contributed by atoms with Gasteiger partial charge in [0.05, 0.1) is 6.42 Å². The number of carbonyl (C=O) groups excluding carboxylic acids is 6. The van der Waals surface area contributed by atoms with Crippen LogP contribution in [-0.2, 0) is 35.3 Å². The largest absolute Gasteiger partial charge is 0.445 e. The minimum Gasteiger partial charge on any atom is -0.445 e. The first-order chi connectivity index (χ1) is 18.4. The number of carbonyl (C=O) groups is 6. The maximum absolute atomic E-state index is 13.1. The summed E-state index contributed by atoms with van der Waals surface area (Å²) in [7, 11) is 0. The standard InChI is InChI=1S/C26H40N6O7/c1-16(2)13-20(23(28)35)30-25(37)21(14-22(27)34)31-24(36)19(11-7-8-12-29-17(3)33)32-26(38)39-15-18-9-5-4-6-10-18/h4-6,9-10,16,19-21H,7-8,11-15H2,1-3H3,(H2,27,34)(H2,28,35)(H,29,33)(H,30,37)(H,31,36)(H,32,38)/t19-,20+,21-/m0/s1. The van der Waals surface area contributed by atoms with Crippen LogP contribution in [0.2, 0.25) is 0 Å². The summed E-state index contributed by atoms with van der Waals surface area (Å²) in [4.78, 5) is 73.0. The maximum Gasteiger partial charge on any atom is 0.408 e. The first-order valence-corrected chi connectivity index (χ1v) is 12.8. The van der Waals surface area contributed by atoms with Crippen molar-refractivity contribution in [2.45, 2.75) is 77.6 Å². The number of primary amides is 2. The van der Waals surface area contributed by atoms with Crippen molar-refractivity contribution in [1.29, 1.82) is 0 Å². The second-order valence-corrected chi connectivity index (χ2v) is 9.56. The molecule has 3 atom stereocenters. The molecule has 0 aliphatic rings. The first kappa shape index (κ1) is 32.9. The number of amides is 6. The molecular formula is C26H40N6O7. The second kappa shape index (κ2) is 17.4. The van der Waals surface area contributed by atoms with E-state index in [0.717, 1.165) is 5.56 Å². The smallest absolute Gasteiger partial charge is 0.408 e. The van der Waals surface area contributed by atoms with Crippen LogP contribution in [0.15, 0.2) is 30.3 Å². The molecule has 1 aromatic carbocycles. The van der Waals surface area contributed by atoms with Crippen molar-refractivity contribution in [3.63, 3.8) is 0 Å². The van der Waals surface area contributed by atoms with Gasteiger partial charge in [-0.2, -0.15) is 0 Å². The molecule has 1 aromatic rings. The van der Waals surface area contributed by atoms with E-state index in [1.54, 1.807) is 24.3 Å². The van der Waals surface area contributed by atoms with E-state index in [1.165, 1.54) is 6.92 Å². The van der Waals surface area contributed by atoms with Gasteiger partial charge in [-0.3, -0.25) is 24.0 Å². The van der Waals surface area contributed by atoms with Crippen molar-refractivity contribution < 1.29 is 33.5 Å². The number of ether oxygens (including phenoxy) is 1. The zero-order valence-electron chi connectivity index (χ0n) is 22.7. The molecule has 0 heterocycles. The summed E-state index contributed by atoms with van der Waals surface area (Å²) in [6, 6.07) is 5.38. The Bertz CT molecular complexity index is 986. The van der Waals surface area contributed by atoms with Crippen molar-refractivity contribution in [3.05, 3.63) is 35.9 Å². The molecule has 1 rings (SSSR count). The molecular weight excluding hydrogens is 508 g/mol. The molecule has 0 bridgehead atoms.